The molecule has 0 unspecified atom stereocenters. The lowest BCUT2D eigenvalue weighted by molar-refractivity contribution is 0.0861. The predicted molar refractivity (Wildman–Crippen MR) is 123 cm³/mol. The summed E-state index contributed by atoms with van der Waals surface area (Å²) >= 11 is 0. The van der Waals surface area contributed by atoms with E-state index in [1.54, 1.807) is 5.57 Å². The van der Waals surface area contributed by atoms with Crippen molar-refractivity contribution in [1.29, 1.82) is 0 Å². The minimum atomic E-state index is -0.595. The Bertz CT molecular complexity index is 643. The fourth-order valence-electron chi connectivity index (χ4n) is 6.73. The molecule has 3 saturated carbocycles. The zero-order valence-electron chi connectivity index (χ0n) is 19.3. The van der Waals surface area contributed by atoms with Gasteiger partial charge in [0.2, 0.25) is 0 Å². The van der Waals surface area contributed by atoms with E-state index in [1.165, 1.54) is 51.4 Å². The summed E-state index contributed by atoms with van der Waals surface area (Å²) in [6.45, 7) is 13.8. The third-order valence-corrected chi connectivity index (χ3v) is 8.43. The third kappa shape index (κ3) is 5.07. The largest absolute Gasteiger partial charge is 0.393 e. The summed E-state index contributed by atoms with van der Waals surface area (Å²) in [5.74, 6) is 3.20. The Hall–Kier alpha value is -0.860. The fourth-order valence-corrected chi connectivity index (χ4v) is 6.73. The highest BCUT2D eigenvalue weighted by molar-refractivity contribution is 5.38. The van der Waals surface area contributed by atoms with E-state index in [4.69, 9.17) is 0 Å². The van der Waals surface area contributed by atoms with E-state index >= 15 is 0 Å². The summed E-state index contributed by atoms with van der Waals surface area (Å²) in [5.41, 5.74) is 3.88. The zero-order valence-corrected chi connectivity index (χ0v) is 19.3. The van der Waals surface area contributed by atoms with Gasteiger partial charge in [-0.3, -0.25) is 0 Å². The van der Waals surface area contributed by atoms with Crippen molar-refractivity contribution in [2.45, 2.75) is 104 Å². The lowest BCUT2D eigenvalue weighted by Gasteiger charge is -2.44. The average Bonchev–Trinajstić information content (AvgIpc) is 3.00. The lowest BCUT2D eigenvalue weighted by Crippen LogP contribution is -2.36. The molecule has 3 aliphatic carbocycles. The van der Waals surface area contributed by atoms with E-state index in [2.05, 4.69) is 46.4 Å². The van der Waals surface area contributed by atoms with Gasteiger partial charge in [0.1, 0.15) is 0 Å². The van der Waals surface area contributed by atoms with Gasteiger partial charge in [0, 0.05) is 6.42 Å². The quantitative estimate of drug-likeness (QED) is 0.528. The van der Waals surface area contributed by atoms with Gasteiger partial charge in [-0.2, -0.15) is 0 Å². The SMILES string of the molecule is C=C1/C(=C/C=C2\CCC[C@]3(C)[C@@H]2CC[C@H]3[C@@H](C)CCCC(C)C)C[C@@H](O)C[C@@H]1O. The van der Waals surface area contributed by atoms with Gasteiger partial charge in [-0.1, -0.05) is 71.3 Å². The second-order valence-corrected chi connectivity index (χ2v) is 11.0. The predicted octanol–water partition coefficient (Wildman–Crippen LogP) is 6.59. The van der Waals surface area contributed by atoms with Gasteiger partial charge in [-0.25, -0.2) is 0 Å². The smallest absolute Gasteiger partial charge is 0.0811 e. The molecule has 0 aliphatic heterocycles. The van der Waals surface area contributed by atoms with Gasteiger partial charge in [0.05, 0.1) is 12.2 Å². The molecule has 2 N–H and O–H groups in total. The molecule has 29 heavy (non-hydrogen) atoms. The first-order chi connectivity index (χ1) is 13.7. The molecule has 6 atom stereocenters. The molecule has 0 aromatic rings. The summed E-state index contributed by atoms with van der Waals surface area (Å²) in [4.78, 5) is 0. The number of hydrogen-bond acceptors (Lipinski definition) is 2. The average molecular weight is 401 g/mol. The molecule has 0 aromatic heterocycles. The Labute approximate surface area is 179 Å². The summed E-state index contributed by atoms with van der Waals surface area (Å²) < 4.78 is 0. The van der Waals surface area contributed by atoms with Gasteiger partial charge >= 0.3 is 0 Å². The molecule has 2 heteroatoms. The van der Waals surface area contributed by atoms with E-state index < -0.39 is 12.2 Å². The van der Waals surface area contributed by atoms with Crippen molar-refractivity contribution in [3.05, 3.63) is 35.5 Å². The molecule has 0 saturated heterocycles. The number of fused-ring (bicyclic) bond motifs is 1. The molecule has 0 amide bonds. The van der Waals surface area contributed by atoms with E-state index in [-0.39, 0.29) is 0 Å². The maximum atomic E-state index is 10.1. The van der Waals surface area contributed by atoms with Crippen molar-refractivity contribution in [3.8, 4) is 0 Å². The van der Waals surface area contributed by atoms with Gasteiger partial charge in [-0.05, 0) is 78.8 Å². The maximum absolute atomic E-state index is 10.1. The molecule has 2 nitrogen and oxygen atoms in total. The standard InChI is InChI=1S/C27H44O2/c1-18(2)8-6-9-19(3)24-13-14-25-21(10-7-15-27(24,25)5)11-12-22-16-23(28)17-26(29)20(22)4/h11-12,18-19,23-26,28-29H,4,6-10,13-17H2,1-3,5H3/b21-11+,22-12+/t19-,23+,24-,25+,26-,27-/m0/s1. The van der Waals surface area contributed by atoms with Crippen molar-refractivity contribution in [3.63, 3.8) is 0 Å². The minimum Gasteiger partial charge on any atom is -0.393 e. The Kier molecular flexibility index (Phi) is 7.49. The highest BCUT2D eigenvalue weighted by Gasteiger charge is 2.50. The van der Waals surface area contributed by atoms with E-state index in [0.29, 0.717) is 24.2 Å². The molecule has 0 heterocycles. The summed E-state index contributed by atoms with van der Waals surface area (Å²) in [6.07, 6.45) is 15.2. The molecule has 3 fully saturated rings. The topological polar surface area (TPSA) is 40.5 Å². The molecule has 0 radical (unpaired) electrons. The van der Waals surface area contributed by atoms with Crippen LogP contribution in [0.5, 0.6) is 0 Å². The second kappa shape index (κ2) is 9.52. The van der Waals surface area contributed by atoms with Crippen molar-refractivity contribution < 1.29 is 10.2 Å². The lowest BCUT2D eigenvalue weighted by atomic mass is 9.60. The molecule has 0 bridgehead atoms. The van der Waals surface area contributed by atoms with Crippen LogP contribution >= 0.6 is 0 Å². The Balaban J connectivity index is 1.71. The van der Waals surface area contributed by atoms with Crippen LogP contribution < -0.4 is 0 Å². The number of aliphatic hydroxyl groups is 2. The number of hydrogen-bond donors (Lipinski definition) is 2. The van der Waals surface area contributed by atoms with Crippen LogP contribution in [0, 0.1) is 29.1 Å². The van der Waals surface area contributed by atoms with Gasteiger partial charge in [-0.15, -0.1) is 0 Å². The molecule has 164 valence electrons. The zero-order chi connectivity index (χ0) is 21.2. The molecular weight excluding hydrogens is 356 g/mol. The summed E-state index contributed by atoms with van der Waals surface area (Å²) in [5, 5.41) is 20.2. The van der Waals surface area contributed by atoms with Crippen LogP contribution in [-0.4, -0.2) is 22.4 Å². The van der Waals surface area contributed by atoms with Crippen molar-refractivity contribution in [2.75, 3.05) is 0 Å². The van der Waals surface area contributed by atoms with Gasteiger partial charge in [0.15, 0.2) is 0 Å². The van der Waals surface area contributed by atoms with Crippen LogP contribution in [0.15, 0.2) is 35.5 Å². The van der Waals surface area contributed by atoms with Gasteiger partial charge < -0.3 is 10.2 Å². The van der Waals surface area contributed by atoms with Crippen LogP contribution in [0.3, 0.4) is 0 Å². The molecular formula is C27H44O2. The van der Waals surface area contributed by atoms with Crippen LogP contribution in [0.1, 0.15) is 91.9 Å². The number of rotatable bonds is 6. The molecule has 3 aliphatic rings. The number of aliphatic hydroxyl groups excluding tert-OH is 2. The van der Waals surface area contributed by atoms with Crippen LogP contribution in [0.25, 0.3) is 0 Å². The summed E-state index contributed by atoms with van der Waals surface area (Å²) in [6, 6.07) is 0. The fraction of sp³-hybridized carbons (Fsp3) is 0.778. The van der Waals surface area contributed by atoms with E-state index in [1.807, 2.05) is 0 Å². The van der Waals surface area contributed by atoms with E-state index in [0.717, 1.165) is 28.9 Å². The summed E-state index contributed by atoms with van der Waals surface area (Å²) in [7, 11) is 0. The van der Waals surface area contributed by atoms with Crippen LogP contribution in [0.4, 0.5) is 0 Å². The van der Waals surface area contributed by atoms with Crippen molar-refractivity contribution >= 4 is 0 Å². The third-order valence-electron chi connectivity index (χ3n) is 8.43. The monoisotopic (exact) mass is 400 g/mol. The highest BCUT2D eigenvalue weighted by atomic mass is 16.3. The molecule has 3 rings (SSSR count). The Morgan fingerprint density at radius 2 is 1.90 bits per heavy atom. The second-order valence-electron chi connectivity index (χ2n) is 11.0. The Morgan fingerprint density at radius 1 is 1.14 bits per heavy atom. The first-order valence-electron chi connectivity index (χ1n) is 12.2. The van der Waals surface area contributed by atoms with Crippen LogP contribution in [-0.2, 0) is 0 Å². The first kappa shape index (κ1) is 22.8. The number of allylic oxidation sites excluding steroid dienone is 3. The van der Waals surface area contributed by atoms with Crippen LogP contribution in [0.2, 0.25) is 0 Å². The first-order valence-corrected chi connectivity index (χ1v) is 12.2. The van der Waals surface area contributed by atoms with Gasteiger partial charge in [0.25, 0.3) is 0 Å². The van der Waals surface area contributed by atoms with Crippen molar-refractivity contribution in [2.24, 2.45) is 29.1 Å². The molecule has 0 aromatic carbocycles. The molecule has 0 spiro atoms. The normalized spacial score (nSPS) is 39.3. The maximum Gasteiger partial charge on any atom is 0.0811 e. The minimum absolute atomic E-state index is 0.420. The Morgan fingerprint density at radius 3 is 2.62 bits per heavy atom. The highest BCUT2D eigenvalue weighted by Crippen LogP contribution is 2.59. The van der Waals surface area contributed by atoms with Crippen molar-refractivity contribution in [1.82, 2.24) is 0 Å². The van der Waals surface area contributed by atoms with E-state index in [9.17, 15) is 10.2 Å².